The molecule has 6 heteroatoms. The lowest BCUT2D eigenvalue weighted by atomic mass is 10.1. The van der Waals surface area contributed by atoms with Crippen LogP contribution in [0.5, 0.6) is 5.75 Å². The first-order valence-electron chi connectivity index (χ1n) is 6.07. The zero-order valence-electron chi connectivity index (χ0n) is 11.2. The fraction of sp³-hybridized carbons (Fsp3) is 0.143. The number of hydrogen-bond donors (Lipinski definition) is 1. The number of rotatable bonds is 3. The van der Waals surface area contributed by atoms with E-state index in [1.54, 1.807) is 35.5 Å². The summed E-state index contributed by atoms with van der Waals surface area (Å²) in [6.45, 7) is 0. The molecule has 0 atom stereocenters. The molecule has 0 amide bonds. The highest BCUT2D eigenvalue weighted by molar-refractivity contribution is 7.13. The summed E-state index contributed by atoms with van der Waals surface area (Å²) >= 11 is 1.64. The first kappa shape index (κ1) is 12.7. The van der Waals surface area contributed by atoms with Gasteiger partial charge in [0, 0.05) is 23.7 Å². The zero-order chi connectivity index (χ0) is 14.1. The minimum atomic E-state index is 0.640. The van der Waals surface area contributed by atoms with Gasteiger partial charge >= 0.3 is 0 Å². The van der Waals surface area contributed by atoms with E-state index in [0.29, 0.717) is 11.6 Å². The molecule has 0 aromatic carbocycles. The normalized spacial score (nSPS) is 10.7. The van der Waals surface area contributed by atoms with Gasteiger partial charge in [-0.1, -0.05) is 6.07 Å². The molecule has 3 rings (SSSR count). The predicted octanol–water partition coefficient (Wildman–Crippen LogP) is 2.80. The molecule has 3 aromatic heterocycles. The van der Waals surface area contributed by atoms with Crippen molar-refractivity contribution in [1.29, 1.82) is 0 Å². The number of nitrogen functional groups attached to an aromatic ring is 1. The van der Waals surface area contributed by atoms with Crippen LogP contribution in [-0.4, -0.2) is 21.9 Å². The van der Waals surface area contributed by atoms with Crippen molar-refractivity contribution in [2.75, 3.05) is 12.8 Å². The Bertz CT molecular complexity index is 734. The van der Waals surface area contributed by atoms with E-state index >= 15 is 0 Å². The third kappa shape index (κ3) is 1.94. The molecule has 0 saturated heterocycles. The van der Waals surface area contributed by atoms with Gasteiger partial charge in [-0.25, -0.2) is 0 Å². The largest absolute Gasteiger partial charge is 0.494 e. The van der Waals surface area contributed by atoms with Gasteiger partial charge in [-0.2, -0.15) is 5.10 Å². The smallest absolute Gasteiger partial charge is 0.146 e. The first-order chi connectivity index (χ1) is 9.72. The SMILES string of the molecule is COc1cnccc1-c1nn(C)c(N)c1-c1cccs1. The van der Waals surface area contributed by atoms with E-state index in [4.69, 9.17) is 10.5 Å². The van der Waals surface area contributed by atoms with Crippen LogP contribution in [0, 0.1) is 0 Å². The second-order valence-electron chi connectivity index (χ2n) is 4.29. The number of aromatic nitrogens is 3. The molecule has 5 nitrogen and oxygen atoms in total. The van der Waals surface area contributed by atoms with E-state index < -0.39 is 0 Å². The quantitative estimate of drug-likeness (QED) is 0.804. The van der Waals surface area contributed by atoms with Crippen LogP contribution in [0.15, 0.2) is 36.0 Å². The predicted molar refractivity (Wildman–Crippen MR) is 80.7 cm³/mol. The lowest BCUT2D eigenvalue weighted by Crippen LogP contribution is -1.97. The number of nitrogens with zero attached hydrogens (tertiary/aromatic N) is 3. The van der Waals surface area contributed by atoms with Gasteiger partial charge in [-0.3, -0.25) is 9.67 Å². The molecule has 0 fully saturated rings. The number of ether oxygens (including phenoxy) is 1. The molecule has 0 spiro atoms. The lowest BCUT2D eigenvalue weighted by Gasteiger charge is -2.06. The zero-order valence-corrected chi connectivity index (χ0v) is 12.0. The second kappa shape index (κ2) is 4.97. The number of methoxy groups -OCH3 is 1. The van der Waals surface area contributed by atoms with Gasteiger partial charge in [0.15, 0.2) is 0 Å². The average molecular weight is 286 g/mol. The average Bonchev–Trinajstić information content (AvgIpc) is 3.08. The Kier molecular flexibility index (Phi) is 3.15. The van der Waals surface area contributed by atoms with Crippen molar-refractivity contribution in [3.05, 3.63) is 36.0 Å². The van der Waals surface area contributed by atoms with E-state index in [-0.39, 0.29) is 0 Å². The lowest BCUT2D eigenvalue weighted by molar-refractivity contribution is 0.414. The number of nitrogens with two attached hydrogens (primary N) is 1. The molecular weight excluding hydrogens is 272 g/mol. The number of thiophene rings is 1. The summed E-state index contributed by atoms with van der Waals surface area (Å²) in [4.78, 5) is 5.16. The molecule has 0 radical (unpaired) electrons. The van der Waals surface area contributed by atoms with Gasteiger partial charge in [-0.15, -0.1) is 11.3 Å². The van der Waals surface area contributed by atoms with Gasteiger partial charge in [0.2, 0.25) is 0 Å². The van der Waals surface area contributed by atoms with Gasteiger partial charge < -0.3 is 10.5 Å². The maximum absolute atomic E-state index is 6.17. The summed E-state index contributed by atoms with van der Waals surface area (Å²) < 4.78 is 7.06. The van der Waals surface area contributed by atoms with Crippen LogP contribution in [0.4, 0.5) is 5.82 Å². The van der Waals surface area contributed by atoms with Gasteiger partial charge in [0.25, 0.3) is 0 Å². The third-order valence-corrected chi connectivity index (χ3v) is 4.01. The Morgan fingerprint density at radius 2 is 2.20 bits per heavy atom. The molecule has 0 saturated carbocycles. The summed E-state index contributed by atoms with van der Waals surface area (Å²) in [5, 5.41) is 6.56. The summed E-state index contributed by atoms with van der Waals surface area (Å²) in [7, 11) is 3.46. The maximum Gasteiger partial charge on any atom is 0.146 e. The standard InChI is InChI=1S/C14H14N4OS/c1-18-14(15)12(11-4-3-7-20-11)13(17-18)9-5-6-16-8-10(9)19-2/h3-8H,15H2,1-2H3. The van der Waals surface area contributed by atoms with Crippen molar-refractivity contribution < 1.29 is 4.74 Å². The van der Waals surface area contributed by atoms with Crippen LogP contribution >= 0.6 is 11.3 Å². The Balaban J connectivity index is 2.27. The van der Waals surface area contributed by atoms with Crippen LogP contribution in [0.3, 0.4) is 0 Å². The Morgan fingerprint density at radius 3 is 2.90 bits per heavy atom. The minimum Gasteiger partial charge on any atom is -0.494 e. The summed E-state index contributed by atoms with van der Waals surface area (Å²) in [6, 6.07) is 5.92. The van der Waals surface area contributed by atoms with Crippen LogP contribution in [-0.2, 0) is 7.05 Å². The van der Waals surface area contributed by atoms with E-state index in [0.717, 1.165) is 21.7 Å². The topological polar surface area (TPSA) is 66.0 Å². The highest BCUT2D eigenvalue weighted by Crippen LogP contribution is 2.40. The number of hydrogen-bond acceptors (Lipinski definition) is 5. The molecule has 0 unspecified atom stereocenters. The van der Waals surface area contributed by atoms with Crippen LogP contribution < -0.4 is 10.5 Å². The molecule has 3 aromatic rings. The molecule has 3 heterocycles. The van der Waals surface area contributed by atoms with Crippen molar-refractivity contribution in [3.63, 3.8) is 0 Å². The Labute approximate surface area is 120 Å². The molecule has 2 N–H and O–H groups in total. The van der Waals surface area contributed by atoms with E-state index in [9.17, 15) is 0 Å². The van der Waals surface area contributed by atoms with Gasteiger partial charge in [0.1, 0.15) is 17.3 Å². The van der Waals surface area contributed by atoms with Crippen LogP contribution in [0.25, 0.3) is 21.7 Å². The van der Waals surface area contributed by atoms with E-state index in [2.05, 4.69) is 10.1 Å². The van der Waals surface area contributed by atoms with Crippen LogP contribution in [0.2, 0.25) is 0 Å². The maximum atomic E-state index is 6.17. The number of aryl methyl sites for hydroxylation is 1. The molecular formula is C14H14N4OS. The fourth-order valence-electron chi connectivity index (χ4n) is 2.13. The molecule has 0 aliphatic rings. The Morgan fingerprint density at radius 1 is 1.35 bits per heavy atom. The second-order valence-corrected chi connectivity index (χ2v) is 5.23. The fourth-order valence-corrected chi connectivity index (χ4v) is 2.91. The summed E-state index contributed by atoms with van der Waals surface area (Å²) in [6.07, 6.45) is 3.40. The highest BCUT2D eigenvalue weighted by atomic mass is 32.1. The number of pyridine rings is 1. The van der Waals surface area contributed by atoms with E-state index in [1.807, 2.05) is 30.6 Å². The molecule has 102 valence electrons. The third-order valence-electron chi connectivity index (χ3n) is 3.12. The van der Waals surface area contributed by atoms with Crippen LogP contribution in [0.1, 0.15) is 0 Å². The monoisotopic (exact) mass is 286 g/mol. The van der Waals surface area contributed by atoms with Crippen molar-refractivity contribution in [2.24, 2.45) is 7.05 Å². The molecule has 0 aliphatic carbocycles. The Hall–Kier alpha value is -2.34. The summed E-state index contributed by atoms with van der Waals surface area (Å²) in [5.41, 5.74) is 8.81. The number of anilines is 1. The van der Waals surface area contributed by atoms with Gasteiger partial charge in [0.05, 0.1) is 18.9 Å². The van der Waals surface area contributed by atoms with Gasteiger partial charge in [-0.05, 0) is 17.5 Å². The molecule has 0 aliphatic heterocycles. The highest BCUT2D eigenvalue weighted by Gasteiger charge is 2.20. The van der Waals surface area contributed by atoms with Crippen molar-refractivity contribution in [1.82, 2.24) is 14.8 Å². The molecule has 0 bridgehead atoms. The minimum absolute atomic E-state index is 0.640. The van der Waals surface area contributed by atoms with Crippen molar-refractivity contribution in [2.45, 2.75) is 0 Å². The first-order valence-corrected chi connectivity index (χ1v) is 6.95. The van der Waals surface area contributed by atoms with Crippen molar-refractivity contribution in [3.8, 4) is 27.4 Å². The van der Waals surface area contributed by atoms with E-state index in [1.165, 1.54) is 0 Å². The van der Waals surface area contributed by atoms with Crippen molar-refractivity contribution >= 4 is 17.2 Å². The molecule has 20 heavy (non-hydrogen) atoms. The summed E-state index contributed by atoms with van der Waals surface area (Å²) in [5.74, 6) is 1.32.